The van der Waals surface area contributed by atoms with Crippen LogP contribution in [0.15, 0.2) is 30.6 Å². The number of rotatable bonds is 6. The van der Waals surface area contributed by atoms with Crippen molar-refractivity contribution in [2.24, 2.45) is 18.9 Å². The molecule has 1 amide bonds. The molecule has 0 spiro atoms. The van der Waals surface area contributed by atoms with Gasteiger partial charge < -0.3 is 15.0 Å². The van der Waals surface area contributed by atoms with Crippen LogP contribution in [-0.4, -0.2) is 30.3 Å². The van der Waals surface area contributed by atoms with Crippen molar-refractivity contribution in [3.63, 3.8) is 0 Å². The third kappa shape index (κ3) is 4.65. The summed E-state index contributed by atoms with van der Waals surface area (Å²) in [5.74, 6) is -0.597. The van der Waals surface area contributed by atoms with Gasteiger partial charge in [0.05, 0.1) is 22.7 Å². The van der Waals surface area contributed by atoms with Gasteiger partial charge in [-0.25, -0.2) is 18.2 Å². The van der Waals surface area contributed by atoms with Gasteiger partial charge in [0.25, 0.3) is 12.3 Å². The normalized spacial score (nSPS) is 25.3. The lowest BCUT2D eigenvalue weighted by Gasteiger charge is -2.27. The van der Waals surface area contributed by atoms with E-state index in [-0.39, 0.29) is 40.4 Å². The Morgan fingerprint density at radius 2 is 1.89 bits per heavy atom. The fourth-order valence-corrected chi connectivity index (χ4v) is 6.32. The molecule has 2 aliphatic rings. The number of alkyl halides is 2. The van der Waals surface area contributed by atoms with Crippen molar-refractivity contribution in [1.82, 2.24) is 19.3 Å². The van der Waals surface area contributed by atoms with Crippen LogP contribution in [0.5, 0.6) is 0 Å². The summed E-state index contributed by atoms with van der Waals surface area (Å²) in [6, 6.07) is 5.16. The summed E-state index contributed by atoms with van der Waals surface area (Å²) in [5.41, 5.74) is 0.371. The van der Waals surface area contributed by atoms with Crippen LogP contribution >= 0.6 is 11.6 Å². The van der Waals surface area contributed by atoms with Crippen molar-refractivity contribution >= 4 is 23.2 Å². The summed E-state index contributed by atoms with van der Waals surface area (Å²) in [5, 5.41) is 18.3. The highest BCUT2D eigenvalue weighted by Crippen LogP contribution is 2.57. The van der Waals surface area contributed by atoms with Gasteiger partial charge in [-0.05, 0) is 75.6 Å². The van der Waals surface area contributed by atoms with Gasteiger partial charge in [-0.15, -0.1) is 0 Å². The first-order valence-corrected chi connectivity index (χ1v) is 12.7. The lowest BCUT2D eigenvalue weighted by atomic mass is 9.89. The Bertz CT molecular complexity index is 1320. The molecule has 0 saturated heterocycles. The van der Waals surface area contributed by atoms with Crippen LogP contribution in [0.1, 0.15) is 85.5 Å². The molecular formula is C26H29ClF3N5O2. The number of hydrogen-bond donors (Lipinski definition) is 2. The van der Waals surface area contributed by atoms with Gasteiger partial charge in [-0.3, -0.25) is 9.48 Å². The van der Waals surface area contributed by atoms with Gasteiger partial charge in [0.1, 0.15) is 22.8 Å². The lowest BCUT2D eigenvalue weighted by Crippen LogP contribution is -2.28. The number of aliphatic hydroxyl groups is 1. The van der Waals surface area contributed by atoms with Crippen molar-refractivity contribution in [2.45, 2.75) is 63.5 Å². The smallest absolute Gasteiger partial charge is 0.282 e. The average Bonchev–Trinajstić information content (AvgIpc) is 3.57. The molecule has 7 nitrogen and oxygen atoms in total. The second-order valence-corrected chi connectivity index (χ2v) is 11.0. The number of aromatic nitrogens is 4. The van der Waals surface area contributed by atoms with E-state index in [0.29, 0.717) is 35.6 Å². The highest BCUT2D eigenvalue weighted by Gasteiger charge is 2.52. The highest BCUT2D eigenvalue weighted by molar-refractivity contribution is 6.31. The predicted molar refractivity (Wildman–Crippen MR) is 132 cm³/mol. The molecule has 0 aliphatic heterocycles. The molecule has 2 saturated carbocycles. The molecule has 2 unspecified atom stereocenters. The lowest BCUT2D eigenvalue weighted by molar-refractivity contribution is 0.0242. The number of aryl methyl sites for hydroxylation is 1. The van der Waals surface area contributed by atoms with Gasteiger partial charge in [0.2, 0.25) is 0 Å². The van der Waals surface area contributed by atoms with Gasteiger partial charge in [-0.2, -0.15) is 5.10 Å². The fraction of sp³-hybridized carbons (Fsp3) is 0.500. The van der Waals surface area contributed by atoms with Crippen molar-refractivity contribution in [1.29, 1.82) is 0 Å². The van der Waals surface area contributed by atoms with E-state index >= 15 is 0 Å². The zero-order valence-electron chi connectivity index (χ0n) is 20.8. The minimum atomic E-state index is -2.70. The third-order valence-corrected chi connectivity index (χ3v) is 8.02. The summed E-state index contributed by atoms with van der Waals surface area (Å²) in [6.07, 6.45) is 1.23. The van der Waals surface area contributed by atoms with E-state index in [4.69, 9.17) is 11.6 Å². The molecule has 2 heterocycles. The Labute approximate surface area is 217 Å². The zero-order chi connectivity index (χ0) is 26.6. The first kappa shape index (κ1) is 25.8. The number of carbonyl (C=O) groups excluding carboxylic acids is 1. The predicted octanol–water partition coefficient (Wildman–Crippen LogP) is 5.97. The topological polar surface area (TPSA) is 85.0 Å². The Morgan fingerprint density at radius 3 is 2.49 bits per heavy atom. The number of halogens is 4. The Balaban J connectivity index is 1.34. The number of fused-ring (bicyclic) bond motifs is 1. The second-order valence-electron chi connectivity index (χ2n) is 10.6. The minimum Gasteiger partial charge on any atom is -0.384 e. The standard InChI is InChI=1S/C26H29ClF3N5O2/c1-13(2)35-21(9-20(33-35)24(29)30)26(37)10-15-6-14(7-16(15)11-26)22-23(34(3)12-31-22)25(36)32-17-4-5-19(28)18(27)8-17/h4-5,8-9,12-16,24,37H,6-7,10-11H2,1-3H3,(H,32,36). The van der Waals surface area contributed by atoms with Crippen LogP contribution in [-0.2, 0) is 12.6 Å². The molecule has 5 rings (SSSR count). The Morgan fingerprint density at radius 1 is 1.22 bits per heavy atom. The average molecular weight is 536 g/mol. The molecule has 11 heteroatoms. The van der Waals surface area contributed by atoms with Crippen molar-refractivity contribution in [2.75, 3.05) is 5.32 Å². The molecule has 0 bridgehead atoms. The zero-order valence-corrected chi connectivity index (χ0v) is 21.5. The maximum Gasteiger partial charge on any atom is 0.282 e. The number of benzene rings is 1. The summed E-state index contributed by atoms with van der Waals surface area (Å²) < 4.78 is 43.4. The van der Waals surface area contributed by atoms with Crippen molar-refractivity contribution in [3.05, 3.63) is 64.2 Å². The molecule has 2 aromatic heterocycles. The summed E-state index contributed by atoms with van der Waals surface area (Å²) in [6.45, 7) is 3.71. The van der Waals surface area contributed by atoms with Crippen LogP contribution in [0.3, 0.4) is 0 Å². The number of carbonyl (C=O) groups is 1. The highest BCUT2D eigenvalue weighted by atomic mass is 35.5. The molecule has 2 N–H and O–H groups in total. The molecule has 0 radical (unpaired) electrons. The molecule has 2 fully saturated rings. The molecule has 2 aliphatic carbocycles. The van der Waals surface area contributed by atoms with E-state index < -0.39 is 17.8 Å². The van der Waals surface area contributed by atoms with Crippen LogP contribution in [0.2, 0.25) is 5.02 Å². The number of amides is 1. The summed E-state index contributed by atoms with van der Waals surface area (Å²) in [7, 11) is 1.74. The van der Waals surface area contributed by atoms with Crippen molar-refractivity contribution < 1.29 is 23.1 Å². The van der Waals surface area contributed by atoms with Crippen LogP contribution in [0.25, 0.3) is 0 Å². The van der Waals surface area contributed by atoms with E-state index in [2.05, 4.69) is 15.4 Å². The van der Waals surface area contributed by atoms with E-state index in [9.17, 15) is 23.1 Å². The number of nitrogens with zero attached hydrogens (tertiary/aromatic N) is 4. The molecule has 3 aromatic rings. The van der Waals surface area contributed by atoms with Gasteiger partial charge in [0.15, 0.2) is 0 Å². The minimum absolute atomic E-state index is 0.0185. The van der Waals surface area contributed by atoms with Crippen LogP contribution in [0, 0.1) is 17.7 Å². The molecule has 37 heavy (non-hydrogen) atoms. The van der Waals surface area contributed by atoms with Crippen LogP contribution in [0.4, 0.5) is 18.9 Å². The van der Waals surface area contributed by atoms with Gasteiger partial charge in [0, 0.05) is 24.7 Å². The first-order valence-electron chi connectivity index (χ1n) is 12.3. The van der Waals surface area contributed by atoms with E-state index in [1.807, 2.05) is 13.8 Å². The number of anilines is 1. The van der Waals surface area contributed by atoms with Crippen LogP contribution < -0.4 is 5.32 Å². The molecular weight excluding hydrogens is 507 g/mol. The number of imidazole rings is 1. The third-order valence-electron chi connectivity index (χ3n) is 7.73. The first-order chi connectivity index (χ1) is 17.5. The maximum atomic E-state index is 13.5. The van der Waals surface area contributed by atoms with Gasteiger partial charge >= 0.3 is 0 Å². The van der Waals surface area contributed by atoms with E-state index in [1.54, 1.807) is 17.9 Å². The quantitative estimate of drug-likeness (QED) is 0.407. The van der Waals surface area contributed by atoms with Gasteiger partial charge in [-0.1, -0.05) is 11.6 Å². The largest absolute Gasteiger partial charge is 0.384 e. The van der Waals surface area contributed by atoms with E-state index in [0.717, 1.165) is 12.8 Å². The molecule has 2 atom stereocenters. The van der Waals surface area contributed by atoms with Crippen molar-refractivity contribution in [3.8, 4) is 0 Å². The maximum absolute atomic E-state index is 13.5. The molecule has 198 valence electrons. The molecule has 1 aromatic carbocycles. The Hall–Kier alpha value is -2.85. The fourth-order valence-electron chi connectivity index (χ4n) is 6.14. The summed E-state index contributed by atoms with van der Waals surface area (Å²) >= 11 is 5.85. The monoisotopic (exact) mass is 535 g/mol. The number of nitrogens with one attached hydrogen (secondary N) is 1. The summed E-state index contributed by atoms with van der Waals surface area (Å²) in [4.78, 5) is 17.7. The van der Waals surface area contributed by atoms with E-state index in [1.165, 1.54) is 28.9 Å². The second kappa shape index (κ2) is 9.47. The Kier molecular flexibility index (Phi) is 6.60. The number of hydrogen-bond acceptors (Lipinski definition) is 4. The SMILES string of the molecule is CC(C)n1nc(C(F)F)cc1C1(O)CC2CC(c3ncn(C)c3C(=O)Nc3ccc(F)c(Cl)c3)CC2C1.